The van der Waals surface area contributed by atoms with E-state index in [-0.39, 0.29) is 22.3 Å². The lowest BCUT2D eigenvalue weighted by atomic mass is 9.51. The Morgan fingerprint density at radius 3 is 2.33 bits per heavy atom. The van der Waals surface area contributed by atoms with Gasteiger partial charge in [0.05, 0.1) is 16.6 Å². The van der Waals surface area contributed by atoms with Crippen molar-refractivity contribution in [2.75, 3.05) is 0 Å². The van der Waals surface area contributed by atoms with E-state index in [9.17, 15) is 13.5 Å². The van der Waals surface area contributed by atoms with E-state index < -0.39 is 15.7 Å². The standard InChI is InChI=1S/C22H34O4S/c1-15(2)17-10-12-21(4)19(14-17)22(5,23)13-11-20(21)26-27(24,25)18-8-6-16(3)7-9-18/h6-9,15,17,19-20,23H,10-14H2,1-5H3/t17-,19-,20-,21-,22+/m1/s1. The van der Waals surface area contributed by atoms with Crippen LogP contribution in [-0.2, 0) is 14.3 Å². The molecule has 2 fully saturated rings. The van der Waals surface area contributed by atoms with Gasteiger partial charge in [-0.3, -0.25) is 4.18 Å². The van der Waals surface area contributed by atoms with E-state index >= 15 is 0 Å². The van der Waals surface area contributed by atoms with Crippen LogP contribution in [0.5, 0.6) is 0 Å². The summed E-state index contributed by atoms with van der Waals surface area (Å²) in [5.41, 5.74) is -0.0811. The first-order valence-corrected chi connectivity index (χ1v) is 11.6. The monoisotopic (exact) mass is 394 g/mol. The van der Waals surface area contributed by atoms with Gasteiger partial charge in [0.15, 0.2) is 0 Å². The third kappa shape index (κ3) is 3.96. The summed E-state index contributed by atoms with van der Waals surface area (Å²) in [6.45, 7) is 10.4. The van der Waals surface area contributed by atoms with Crippen molar-refractivity contribution in [1.82, 2.24) is 0 Å². The molecule has 0 amide bonds. The summed E-state index contributed by atoms with van der Waals surface area (Å²) in [6, 6.07) is 6.80. The molecule has 0 spiro atoms. The molecule has 4 nitrogen and oxygen atoms in total. The van der Waals surface area contributed by atoms with Crippen molar-refractivity contribution in [1.29, 1.82) is 0 Å². The fourth-order valence-corrected chi connectivity index (χ4v) is 6.52. The Hall–Kier alpha value is -0.910. The van der Waals surface area contributed by atoms with Crippen molar-refractivity contribution in [3.63, 3.8) is 0 Å². The van der Waals surface area contributed by atoms with Crippen molar-refractivity contribution in [3.05, 3.63) is 29.8 Å². The maximum absolute atomic E-state index is 12.9. The largest absolute Gasteiger partial charge is 0.390 e. The molecule has 2 aliphatic carbocycles. The second-order valence-electron chi connectivity index (χ2n) is 9.58. The Morgan fingerprint density at radius 1 is 1.11 bits per heavy atom. The molecule has 0 bridgehead atoms. The molecule has 1 N–H and O–H groups in total. The zero-order valence-electron chi connectivity index (χ0n) is 17.2. The number of hydrogen-bond acceptors (Lipinski definition) is 4. The molecule has 152 valence electrons. The maximum atomic E-state index is 12.9. The van der Waals surface area contributed by atoms with Gasteiger partial charge in [-0.1, -0.05) is 38.5 Å². The van der Waals surface area contributed by atoms with Crippen molar-refractivity contribution in [2.24, 2.45) is 23.2 Å². The predicted molar refractivity (Wildman–Crippen MR) is 107 cm³/mol. The van der Waals surface area contributed by atoms with Crippen LogP contribution < -0.4 is 0 Å². The fourth-order valence-electron chi connectivity index (χ4n) is 5.31. The van der Waals surface area contributed by atoms with E-state index in [4.69, 9.17) is 4.18 Å². The van der Waals surface area contributed by atoms with Crippen molar-refractivity contribution < 1.29 is 17.7 Å². The molecule has 0 saturated heterocycles. The Labute approximate surface area is 164 Å². The number of benzene rings is 1. The smallest absolute Gasteiger partial charge is 0.297 e. The van der Waals surface area contributed by atoms with Crippen molar-refractivity contribution >= 4 is 10.1 Å². The minimum absolute atomic E-state index is 0.0538. The molecular weight excluding hydrogens is 360 g/mol. The highest BCUT2D eigenvalue weighted by molar-refractivity contribution is 7.86. The Morgan fingerprint density at radius 2 is 1.74 bits per heavy atom. The molecule has 5 heteroatoms. The molecule has 2 aliphatic rings. The van der Waals surface area contributed by atoms with Crippen LogP contribution in [0, 0.1) is 30.1 Å². The van der Waals surface area contributed by atoms with Crippen molar-refractivity contribution in [2.45, 2.75) is 83.3 Å². The summed E-state index contributed by atoms with van der Waals surface area (Å²) in [5.74, 6) is 1.20. The summed E-state index contributed by atoms with van der Waals surface area (Å²) in [6.07, 6.45) is 3.65. The van der Waals surface area contributed by atoms with Gasteiger partial charge in [-0.15, -0.1) is 0 Å². The molecular formula is C22H34O4S. The van der Waals surface area contributed by atoms with Crippen LogP contribution in [0.2, 0.25) is 0 Å². The zero-order chi connectivity index (χ0) is 20.0. The highest BCUT2D eigenvalue weighted by Gasteiger charge is 2.57. The van der Waals surface area contributed by atoms with Crippen molar-refractivity contribution in [3.8, 4) is 0 Å². The normalized spacial score (nSPS) is 37.2. The van der Waals surface area contributed by atoms with Crippen LogP contribution in [0.15, 0.2) is 29.2 Å². The van der Waals surface area contributed by atoms with Gasteiger partial charge in [-0.25, -0.2) is 0 Å². The second kappa shape index (κ2) is 7.16. The summed E-state index contributed by atoms with van der Waals surface area (Å²) < 4.78 is 31.6. The van der Waals surface area contributed by atoms with Crippen LogP contribution in [0.3, 0.4) is 0 Å². The van der Waals surface area contributed by atoms with Gasteiger partial charge in [0.1, 0.15) is 0 Å². The summed E-state index contributed by atoms with van der Waals surface area (Å²) in [4.78, 5) is 0.210. The number of fused-ring (bicyclic) bond motifs is 1. The topological polar surface area (TPSA) is 63.6 Å². The Balaban J connectivity index is 1.87. The molecule has 0 heterocycles. The van der Waals surface area contributed by atoms with Gasteiger partial charge >= 0.3 is 0 Å². The number of aliphatic hydroxyl groups is 1. The summed E-state index contributed by atoms with van der Waals surface area (Å²) >= 11 is 0. The van der Waals surface area contributed by atoms with Gasteiger partial charge in [0, 0.05) is 5.41 Å². The van der Waals surface area contributed by atoms with Gasteiger partial charge in [0.25, 0.3) is 10.1 Å². The molecule has 0 radical (unpaired) electrons. The van der Waals surface area contributed by atoms with Crippen LogP contribution in [0.4, 0.5) is 0 Å². The van der Waals surface area contributed by atoms with E-state index in [1.165, 1.54) is 0 Å². The molecule has 0 aromatic heterocycles. The van der Waals surface area contributed by atoms with Crippen LogP contribution in [0.25, 0.3) is 0 Å². The zero-order valence-corrected chi connectivity index (χ0v) is 18.1. The van der Waals surface area contributed by atoms with Gasteiger partial charge < -0.3 is 5.11 Å². The first-order valence-electron chi connectivity index (χ1n) is 10.2. The molecule has 1 aromatic rings. The first-order chi connectivity index (χ1) is 12.5. The number of rotatable bonds is 4. The molecule has 0 unspecified atom stereocenters. The van der Waals surface area contributed by atoms with Crippen LogP contribution in [0.1, 0.15) is 65.4 Å². The molecule has 27 heavy (non-hydrogen) atoms. The lowest BCUT2D eigenvalue weighted by Crippen LogP contribution is -2.58. The second-order valence-corrected chi connectivity index (χ2v) is 11.2. The molecule has 1 aromatic carbocycles. The highest BCUT2D eigenvalue weighted by Crippen LogP contribution is 2.57. The third-order valence-electron chi connectivity index (χ3n) is 7.28. The average Bonchev–Trinajstić information content (AvgIpc) is 2.58. The van der Waals surface area contributed by atoms with E-state index in [2.05, 4.69) is 20.8 Å². The number of hydrogen-bond donors (Lipinski definition) is 1. The predicted octanol–water partition coefficient (Wildman–Crippen LogP) is 4.69. The van der Waals surface area contributed by atoms with E-state index in [1.54, 1.807) is 24.3 Å². The third-order valence-corrected chi connectivity index (χ3v) is 8.62. The molecule has 5 atom stereocenters. The molecule has 3 rings (SSSR count). The lowest BCUT2D eigenvalue weighted by molar-refractivity contribution is -0.168. The molecule has 2 saturated carbocycles. The van der Waals surface area contributed by atoms with Crippen LogP contribution >= 0.6 is 0 Å². The Kier molecular flexibility index (Phi) is 5.52. The van der Waals surface area contributed by atoms with E-state index in [1.807, 2.05) is 13.8 Å². The minimum atomic E-state index is -3.81. The summed E-state index contributed by atoms with van der Waals surface area (Å²) in [7, 11) is -3.81. The first kappa shape index (κ1) is 20.8. The lowest BCUT2D eigenvalue weighted by Gasteiger charge is -2.57. The average molecular weight is 395 g/mol. The minimum Gasteiger partial charge on any atom is -0.390 e. The van der Waals surface area contributed by atoms with E-state index in [0.717, 1.165) is 24.8 Å². The van der Waals surface area contributed by atoms with Gasteiger partial charge in [-0.05, 0) is 75.8 Å². The SMILES string of the molecule is Cc1ccc(S(=O)(=O)O[C@@H]2CC[C@](C)(O)[C@@H]3C[C@H](C(C)C)CC[C@]32C)cc1. The van der Waals surface area contributed by atoms with E-state index in [0.29, 0.717) is 24.7 Å². The molecule has 0 aliphatic heterocycles. The number of aryl methyl sites for hydroxylation is 1. The maximum Gasteiger partial charge on any atom is 0.297 e. The summed E-state index contributed by atoms with van der Waals surface area (Å²) in [5, 5.41) is 11.1. The van der Waals surface area contributed by atoms with Crippen LogP contribution in [-0.4, -0.2) is 25.2 Å². The highest BCUT2D eigenvalue weighted by atomic mass is 32.2. The van der Waals surface area contributed by atoms with Gasteiger partial charge in [0.2, 0.25) is 0 Å². The van der Waals surface area contributed by atoms with Gasteiger partial charge in [-0.2, -0.15) is 8.42 Å². The Bertz CT molecular complexity index is 766. The fraction of sp³-hybridized carbons (Fsp3) is 0.727. The quantitative estimate of drug-likeness (QED) is 0.752.